The van der Waals surface area contributed by atoms with Crippen molar-refractivity contribution < 1.29 is 57.2 Å². The molecule has 1 N–H and O–H groups in total. The van der Waals surface area contributed by atoms with E-state index in [1.165, 1.54) is 12.1 Å². The van der Waals surface area contributed by atoms with Gasteiger partial charge in [0.25, 0.3) is 11.8 Å². The Hall–Kier alpha value is -3.56. The van der Waals surface area contributed by atoms with Crippen LogP contribution >= 0.6 is 0 Å². The molecule has 254 valence electrons. The molecule has 0 aromatic heterocycles. The third kappa shape index (κ3) is 12.3. The van der Waals surface area contributed by atoms with Gasteiger partial charge in [0, 0.05) is 25.9 Å². The quantitative estimate of drug-likeness (QED) is 0.116. The molecule has 1 aromatic rings. The van der Waals surface area contributed by atoms with E-state index < -0.39 is 35.3 Å². The van der Waals surface area contributed by atoms with E-state index in [4.69, 9.17) is 28.4 Å². The molecule has 1 atom stereocenters. The van der Waals surface area contributed by atoms with Gasteiger partial charge < -0.3 is 28.4 Å². The Morgan fingerprint density at radius 2 is 1.37 bits per heavy atom. The Bertz CT molecular complexity index is 1240. The van der Waals surface area contributed by atoms with E-state index >= 15 is 0 Å². The summed E-state index contributed by atoms with van der Waals surface area (Å²) in [6.45, 7) is 8.73. The third-order valence-electron chi connectivity index (χ3n) is 6.75. The van der Waals surface area contributed by atoms with E-state index in [0.717, 1.165) is 4.90 Å². The van der Waals surface area contributed by atoms with Gasteiger partial charge in [-0.15, -0.1) is 0 Å². The van der Waals surface area contributed by atoms with E-state index in [9.17, 15) is 28.8 Å². The number of hydrogen-bond donors (Lipinski definition) is 1. The molecule has 2 heterocycles. The highest BCUT2D eigenvalue weighted by molar-refractivity contribution is 6.23. The summed E-state index contributed by atoms with van der Waals surface area (Å²) >= 11 is 0. The molecule has 1 saturated heterocycles. The minimum Gasteiger partial charge on any atom is -0.460 e. The van der Waals surface area contributed by atoms with Crippen molar-refractivity contribution in [2.24, 2.45) is 0 Å². The lowest BCUT2D eigenvalue weighted by atomic mass is 10.0. The Kier molecular flexibility index (Phi) is 14.9. The van der Waals surface area contributed by atoms with E-state index in [1.807, 2.05) is 20.8 Å². The molecular formula is C32H44N2O12. The third-order valence-corrected chi connectivity index (χ3v) is 6.75. The molecule has 3 rings (SSSR count). The number of imide groups is 2. The molecule has 14 nitrogen and oxygen atoms in total. The lowest BCUT2D eigenvalue weighted by Crippen LogP contribution is -2.54. The molecule has 0 aliphatic carbocycles. The number of piperidine rings is 1. The standard InChI is InChI=1S/C32H44N2O12/c1-32(2,3)46-28(37)5-4-10-41-11-12-42-13-14-43-15-16-44-17-18-45-21-23(35)19-22-6-7-24-25(20-22)31(40)34(30(24)39)26-8-9-27(36)33-29(26)38/h6-7,20,26H,4-5,8-19,21H2,1-3H3,(H,33,36,38). The lowest BCUT2D eigenvalue weighted by Gasteiger charge is -2.27. The van der Waals surface area contributed by atoms with Crippen LogP contribution in [0, 0.1) is 0 Å². The first kappa shape index (κ1) is 36.9. The van der Waals surface area contributed by atoms with Crippen molar-refractivity contribution in [3.05, 3.63) is 34.9 Å². The fourth-order valence-corrected chi connectivity index (χ4v) is 4.68. The van der Waals surface area contributed by atoms with E-state index in [1.54, 1.807) is 6.07 Å². The van der Waals surface area contributed by atoms with Gasteiger partial charge in [0.15, 0.2) is 5.78 Å². The van der Waals surface area contributed by atoms with Gasteiger partial charge in [-0.2, -0.15) is 0 Å². The number of nitrogens with one attached hydrogen (secondary N) is 1. The molecule has 0 bridgehead atoms. The number of nitrogens with zero attached hydrogens (tertiary/aromatic N) is 1. The van der Waals surface area contributed by atoms with Crippen LogP contribution in [0.5, 0.6) is 0 Å². The van der Waals surface area contributed by atoms with Crippen LogP contribution in [0.1, 0.15) is 72.7 Å². The summed E-state index contributed by atoms with van der Waals surface area (Å²) in [6, 6.07) is 3.51. The maximum atomic E-state index is 12.9. The van der Waals surface area contributed by atoms with Gasteiger partial charge in [-0.25, -0.2) is 0 Å². The van der Waals surface area contributed by atoms with Gasteiger partial charge in [0.05, 0.1) is 64.0 Å². The second-order valence-corrected chi connectivity index (χ2v) is 11.7. The summed E-state index contributed by atoms with van der Waals surface area (Å²) in [5.41, 5.74) is 0.347. The molecule has 14 heteroatoms. The Labute approximate surface area is 268 Å². The van der Waals surface area contributed by atoms with Gasteiger partial charge in [0.1, 0.15) is 18.2 Å². The molecule has 2 aliphatic rings. The molecule has 1 aromatic carbocycles. The number of ether oxygens (including phenoxy) is 6. The molecule has 0 saturated carbocycles. The summed E-state index contributed by atoms with van der Waals surface area (Å²) in [5.74, 6) is -2.78. The average molecular weight is 649 g/mol. The average Bonchev–Trinajstić information content (AvgIpc) is 3.22. The van der Waals surface area contributed by atoms with Crippen molar-refractivity contribution in [1.29, 1.82) is 0 Å². The SMILES string of the molecule is CC(C)(C)OC(=O)CCCOCCOCCOCCOCCOCC(=O)Cc1ccc2c(c1)C(=O)N(C1CCC(=O)NC1=O)C2=O. The highest BCUT2D eigenvalue weighted by Gasteiger charge is 2.44. The Morgan fingerprint density at radius 3 is 1.96 bits per heavy atom. The van der Waals surface area contributed by atoms with Crippen LogP contribution < -0.4 is 5.32 Å². The zero-order valence-corrected chi connectivity index (χ0v) is 26.8. The summed E-state index contributed by atoms with van der Waals surface area (Å²) < 4.78 is 32.3. The summed E-state index contributed by atoms with van der Waals surface area (Å²) in [6.07, 6.45) is 1.03. The molecule has 4 amide bonds. The van der Waals surface area contributed by atoms with Crippen LogP contribution in [0.4, 0.5) is 0 Å². The van der Waals surface area contributed by atoms with Crippen LogP contribution in [0.3, 0.4) is 0 Å². The summed E-state index contributed by atoms with van der Waals surface area (Å²) in [7, 11) is 0. The monoisotopic (exact) mass is 648 g/mol. The summed E-state index contributed by atoms with van der Waals surface area (Å²) in [4.78, 5) is 74.3. The Balaban J connectivity index is 1.16. The van der Waals surface area contributed by atoms with Crippen LogP contribution in [0.2, 0.25) is 0 Å². The first-order valence-electron chi connectivity index (χ1n) is 15.4. The van der Waals surface area contributed by atoms with E-state index in [0.29, 0.717) is 64.7 Å². The maximum absolute atomic E-state index is 12.9. The first-order chi connectivity index (χ1) is 22.0. The van der Waals surface area contributed by atoms with Gasteiger partial charge in [0.2, 0.25) is 11.8 Å². The van der Waals surface area contributed by atoms with Crippen LogP contribution in [-0.2, 0) is 54.0 Å². The predicted octanol–water partition coefficient (Wildman–Crippen LogP) is 1.40. The van der Waals surface area contributed by atoms with Crippen molar-refractivity contribution in [3.63, 3.8) is 0 Å². The maximum Gasteiger partial charge on any atom is 0.306 e. The number of benzene rings is 1. The zero-order chi connectivity index (χ0) is 33.5. The fourth-order valence-electron chi connectivity index (χ4n) is 4.68. The van der Waals surface area contributed by atoms with Crippen LogP contribution in [0.25, 0.3) is 0 Å². The number of carbonyl (C=O) groups is 6. The molecular weight excluding hydrogens is 604 g/mol. The van der Waals surface area contributed by atoms with E-state index in [2.05, 4.69) is 5.32 Å². The van der Waals surface area contributed by atoms with Gasteiger partial charge in [-0.1, -0.05) is 6.07 Å². The second kappa shape index (κ2) is 18.6. The molecule has 1 unspecified atom stereocenters. The first-order valence-corrected chi connectivity index (χ1v) is 15.4. The number of rotatable bonds is 21. The van der Waals surface area contributed by atoms with Crippen molar-refractivity contribution in [2.75, 3.05) is 66.1 Å². The lowest BCUT2D eigenvalue weighted by molar-refractivity contribution is -0.155. The number of hydrogen-bond acceptors (Lipinski definition) is 12. The number of ketones is 1. The zero-order valence-electron chi connectivity index (χ0n) is 26.8. The molecule has 0 spiro atoms. The minimum atomic E-state index is -1.04. The molecule has 46 heavy (non-hydrogen) atoms. The van der Waals surface area contributed by atoms with Crippen molar-refractivity contribution in [3.8, 4) is 0 Å². The van der Waals surface area contributed by atoms with Crippen molar-refractivity contribution >= 4 is 35.4 Å². The van der Waals surface area contributed by atoms with Crippen molar-refractivity contribution in [2.45, 2.75) is 64.5 Å². The highest BCUT2D eigenvalue weighted by Crippen LogP contribution is 2.28. The van der Waals surface area contributed by atoms with Gasteiger partial charge in [-0.3, -0.25) is 39.0 Å². The summed E-state index contributed by atoms with van der Waals surface area (Å²) in [5, 5.41) is 2.16. The number of amides is 4. The highest BCUT2D eigenvalue weighted by atomic mass is 16.6. The Morgan fingerprint density at radius 1 is 0.804 bits per heavy atom. The largest absolute Gasteiger partial charge is 0.460 e. The molecule has 0 radical (unpaired) electrons. The molecule has 1 fully saturated rings. The topological polar surface area (TPSA) is 173 Å². The van der Waals surface area contributed by atoms with Crippen molar-refractivity contribution in [1.82, 2.24) is 10.2 Å². The van der Waals surface area contributed by atoms with Gasteiger partial charge in [-0.05, 0) is 51.3 Å². The second-order valence-electron chi connectivity index (χ2n) is 11.7. The molecule has 2 aliphatic heterocycles. The number of esters is 1. The fraction of sp³-hybridized carbons (Fsp3) is 0.625. The van der Waals surface area contributed by atoms with Crippen LogP contribution in [-0.4, -0.2) is 118 Å². The normalized spacial score (nSPS) is 16.5. The number of fused-ring (bicyclic) bond motifs is 1. The predicted molar refractivity (Wildman–Crippen MR) is 161 cm³/mol. The smallest absolute Gasteiger partial charge is 0.306 e. The number of Topliss-reactive ketones (excluding diaryl/α,β-unsaturated/α-hetero) is 1. The van der Waals surface area contributed by atoms with Gasteiger partial charge >= 0.3 is 5.97 Å². The van der Waals surface area contributed by atoms with Crippen LogP contribution in [0.15, 0.2) is 18.2 Å². The minimum absolute atomic E-state index is 0.00413. The number of carbonyl (C=O) groups excluding carboxylic acids is 6. The van der Waals surface area contributed by atoms with E-state index in [-0.39, 0.29) is 62.0 Å².